The van der Waals surface area contributed by atoms with Crippen molar-refractivity contribution in [1.82, 2.24) is 19.5 Å². The van der Waals surface area contributed by atoms with Crippen LogP contribution >= 0.6 is 0 Å². The van der Waals surface area contributed by atoms with Crippen LogP contribution in [0.25, 0.3) is 10.8 Å². The number of aliphatic hydroxyl groups excluding tert-OH is 1. The molecule has 1 aromatic heterocycles. The van der Waals surface area contributed by atoms with Gasteiger partial charge in [0.05, 0.1) is 23.6 Å². The van der Waals surface area contributed by atoms with Gasteiger partial charge < -0.3 is 15.3 Å². The average molecular weight is 593 g/mol. The van der Waals surface area contributed by atoms with Gasteiger partial charge in [-0.1, -0.05) is 60.7 Å². The highest BCUT2D eigenvalue weighted by atomic mass is 32.2. The van der Waals surface area contributed by atoms with Crippen LogP contribution in [-0.4, -0.2) is 78.9 Å². The smallest absolute Gasteiger partial charge is 0.270 e. The molecule has 3 aromatic carbocycles. The Morgan fingerprint density at radius 2 is 1.69 bits per heavy atom. The molecular weight excluding hydrogens is 559 g/mol. The summed E-state index contributed by atoms with van der Waals surface area (Å²) in [6.07, 6.45) is 0.220. The van der Waals surface area contributed by atoms with Gasteiger partial charge >= 0.3 is 0 Å². The Bertz CT molecular complexity index is 1680. The van der Waals surface area contributed by atoms with Crippen molar-refractivity contribution in [2.24, 2.45) is 0 Å². The topological polar surface area (TPSA) is 120 Å². The summed E-state index contributed by atoms with van der Waals surface area (Å²) >= 11 is 0. The van der Waals surface area contributed by atoms with Gasteiger partial charge in [-0.15, -0.1) is 0 Å². The minimum absolute atomic E-state index is 0.154. The lowest BCUT2D eigenvalue weighted by molar-refractivity contribution is -0.129. The highest BCUT2D eigenvalue weighted by Gasteiger charge is 2.34. The highest BCUT2D eigenvalue weighted by Crippen LogP contribution is 2.23. The molecule has 2 N–H and O–H groups in total. The van der Waals surface area contributed by atoms with Crippen LogP contribution in [0.15, 0.2) is 90.0 Å². The van der Waals surface area contributed by atoms with Crippen LogP contribution in [-0.2, 0) is 21.2 Å². The molecule has 0 aliphatic heterocycles. The molecule has 1 heterocycles. The average Bonchev–Trinajstić information content (AvgIpc) is 2.97. The number of fused-ring (bicyclic) bond motifs is 1. The number of nitrogens with zero attached hydrogens (tertiary/aromatic N) is 3. The van der Waals surface area contributed by atoms with Crippen molar-refractivity contribution < 1.29 is 27.5 Å². The molecule has 0 aliphatic carbocycles. The van der Waals surface area contributed by atoms with Gasteiger partial charge in [0.15, 0.2) is 0 Å². The first-order valence-corrected chi connectivity index (χ1v) is 14.7. The molecule has 0 fully saturated rings. The number of aromatic nitrogens is 1. The first kappa shape index (κ1) is 30.8. The Balaban J connectivity index is 1.69. The van der Waals surface area contributed by atoms with Gasteiger partial charge in [0, 0.05) is 32.2 Å². The number of rotatable bonds is 11. The second-order valence-electron chi connectivity index (χ2n) is 10.2. The second-order valence-corrected chi connectivity index (χ2v) is 12.1. The van der Waals surface area contributed by atoms with Crippen LogP contribution in [0.1, 0.15) is 21.6 Å². The van der Waals surface area contributed by atoms with Gasteiger partial charge in [-0.25, -0.2) is 12.8 Å². The van der Waals surface area contributed by atoms with E-state index < -0.39 is 52.9 Å². The number of benzene rings is 3. The van der Waals surface area contributed by atoms with Crippen LogP contribution in [0.3, 0.4) is 0 Å². The number of hydrogen-bond acceptors (Lipinski definition) is 6. The van der Waals surface area contributed by atoms with Crippen molar-refractivity contribution in [2.45, 2.75) is 30.4 Å². The number of pyridine rings is 1. The maximum atomic E-state index is 14.1. The summed E-state index contributed by atoms with van der Waals surface area (Å²) in [5.74, 6) is -1.84. The van der Waals surface area contributed by atoms with E-state index in [1.807, 2.05) is 42.5 Å². The number of hydrogen-bond donors (Lipinski definition) is 2. The number of likely N-dealkylation sites (N-methyl/N-ethyl adjacent to an activating group) is 1. The van der Waals surface area contributed by atoms with Crippen LogP contribution in [0.5, 0.6) is 0 Å². The zero-order chi connectivity index (χ0) is 30.4. The van der Waals surface area contributed by atoms with E-state index in [2.05, 4.69) is 10.3 Å². The summed E-state index contributed by atoms with van der Waals surface area (Å²) in [6, 6.07) is 20.5. The van der Waals surface area contributed by atoms with Crippen molar-refractivity contribution in [3.05, 3.63) is 108 Å². The first-order valence-electron chi connectivity index (χ1n) is 13.3. The molecule has 0 spiro atoms. The van der Waals surface area contributed by atoms with Crippen molar-refractivity contribution in [1.29, 1.82) is 0 Å². The van der Waals surface area contributed by atoms with Crippen molar-refractivity contribution in [3.63, 3.8) is 0 Å². The van der Waals surface area contributed by atoms with E-state index in [-0.39, 0.29) is 22.6 Å². The monoisotopic (exact) mass is 592 g/mol. The Kier molecular flexibility index (Phi) is 9.66. The third kappa shape index (κ3) is 7.17. The van der Waals surface area contributed by atoms with E-state index in [9.17, 15) is 27.5 Å². The SMILES string of the molecule is Cc1ccc(F)cc1S(=O)(=O)N(CC(=O)N(C)C)C[C@@H](O)[C@H](Cc1ccccc1)NC(=O)c1nccc2ccccc12. The number of aliphatic hydroxyl groups is 1. The molecule has 0 saturated carbocycles. The molecular formula is C31H33FN4O5S. The maximum absolute atomic E-state index is 14.1. The normalized spacial score (nSPS) is 13.1. The molecule has 2 atom stereocenters. The fourth-order valence-corrected chi connectivity index (χ4v) is 6.20. The Hall–Kier alpha value is -4.19. The summed E-state index contributed by atoms with van der Waals surface area (Å²) in [4.78, 5) is 31.4. The molecule has 9 nitrogen and oxygen atoms in total. The second kappa shape index (κ2) is 13.2. The van der Waals surface area contributed by atoms with Gasteiger partial charge in [-0.2, -0.15) is 4.31 Å². The molecule has 0 unspecified atom stereocenters. The van der Waals surface area contributed by atoms with E-state index in [1.54, 1.807) is 18.2 Å². The first-order chi connectivity index (χ1) is 20.0. The van der Waals surface area contributed by atoms with Crippen molar-refractivity contribution >= 4 is 32.6 Å². The number of carbonyl (C=O) groups is 2. The third-order valence-corrected chi connectivity index (χ3v) is 8.89. The molecule has 11 heteroatoms. The molecule has 4 rings (SSSR count). The zero-order valence-electron chi connectivity index (χ0n) is 23.6. The van der Waals surface area contributed by atoms with Gasteiger partial charge in [-0.05, 0) is 48.1 Å². The molecule has 4 aromatic rings. The number of carbonyl (C=O) groups excluding carboxylic acids is 2. The fraction of sp³-hybridized carbons (Fsp3) is 0.258. The predicted molar refractivity (Wildman–Crippen MR) is 158 cm³/mol. The summed E-state index contributed by atoms with van der Waals surface area (Å²) in [7, 11) is -1.48. The lowest BCUT2D eigenvalue weighted by Crippen LogP contribution is -2.52. The highest BCUT2D eigenvalue weighted by molar-refractivity contribution is 7.89. The van der Waals surface area contributed by atoms with Crippen molar-refractivity contribution in [2.75, 3.05) is 27.2 Å². The van der Waals surface area contributed by atoms with E-state index in [1.165, 1.54) is 38.2 Å². The zero-order valence-corrected chi connectivity index (χ0v) is 24.4. The number of aryl methyl sites for hydroxylation is 1. The van der Waals surface area contributed by atoms with Crippen LogP contribution < -0.4 is 5.32 Å². The Morgan fingerprint density at radius 3 is 2.40 bits per heavy atom. The van der Waals surface area contributed by atoms with E-state index in [0.29, 0.717) is 5.39 Å². The molecule has 0 radical (unpaired) electrons. The van der Waals surface area contributed by atoms with Crippen LogP contribution in [0, 0.1) is 12.7 Å². The Morgan fingerprint density at radius 1 is 1.00 bits per heavy atom. The van der Waals surface area contributed by atoms with Crippen molar-refractivity contribution in [3.8, 4) is 0 Å². The van der Waals surface area contributed by atoms with E-state index >= 15 is 0 Å². The Labute approximate surface area is 244 Å². The quantitative estimate of drug-likeness (QED) is 0.276. The molecule has 2 amide bonds. The van der Waals surface area contributed by atoms with Gasteiger partial charge in [-0.3, -0.25) is 14.6 Å². The van der Waals surface area contributed by atoms with E-state index in [4.69, 9.17) is 0 Å². The number of halogens is 1. The van der Waals surface area contributed by atoms with Gasteiger partial charge in [0.2, 0.25) is 15.9 Å². The number of sulfonamides is 1. The van der Waals surface area contributed by atoms with Gasteiger partial charge in [0.25, 0.3) is 5.91 Å². The third-order valence-electron chi connectivity index (χ3n) is 6.94. The lowest BCUT2D eigenvalue weighted by Gasteiger charge is -2.30. The summed E-state index contributed by atoms with van der Waals surface area (Å²) < 4.78 is 42.4. The summed E-state index contributed by atoms with van der Waals surface area (Å²) in [6.45, 7) is 0.377. The summed E-state index contributed by atoms with van der Waals surface area (Å²) in [5, 5.41) is 15.8. The molecule has 0 saturated heterocycles. The summed E-state index contributed by atoms with van der Waals surface area (Å²) in [5.41, 5.74) is 1.22. The van der Waals surface area contributed by atoms with E-state index in [0.717, 1.165) is 27.4 Å². The largest absolute Gasteiger partial charge is 0.390 e. The molecule has 0 bridgehead atoms. The number of nitrogens with one attached hydrogen (secondary N) is 1. The lowest BCUT2D eigenvalue weighted by atomic mass is 10.0. The minimum atomic E-state index is -4.43. The van der Waals surface area contributed by atoms with Gasteiger partial charge in [0.1, 0.15) is 11.5 Å². The maximum Gasteiger partial charge on any atom is 0.270 e. The van der Waals surface area contributed by atoms with Crippen LogP contribution in [0.2, 0.25) is 0 Å². The number of amides is 2. The minimum Gasteiger partial charge on any atom is -0.390 e. The van der Waals surface area contributed by atoms with Crippen LogP contribution in [0.4, 0.5) is 4.39 Å². The molecule has 0 aliphatic rings. The molecule has 42 heavy (non-hydrogen) atoms. The standard InChI is InChI=1S/C31H33FN4O5S/c1-21-13-14-24(32)18-28(21)42(40,41)36(20-29(38)35(2)3)19-27(37)26(17-22-9-5-4-6-10-22)34-31(39)30-25-12-8-7-11-23(25)15-16-33-30/h4-16,18,26-27,37H,17,19-20H2,1-3H3,(H,34,39)/t26-,27+/m0/s1. The molecule has 220 valence electrons. The fourth-order valence-electron chi connectivity index (χ4n) is 4.56. The predicted octanol–water partition coefficient (Wildman–Crippen LogP) is 3.16.